The molecule has 1 aromatic carbocycles. The summed E-state index contributed by atoms with van der Waals surface area (Å²) in [5, 5.41) is 0. The predicted octanol–water partition coefficient (Wildman–Crippen LogP) is 3.03. The van der Waals surface area contributed by atoms with Crippen LogP contribution in [0.25, 0.3) is 0 Å². The first-order valence-corrected chi connectivity index (χ1v) is 6.94. The van der Waals surface area contributed by atoms with Crippen molar-refractivity contribution >= 4 is 5.71 Å². The lowest BCUT2D eigenvalue weighted by atomic mass is 9.92. The van der Waals surface area contributed by atoms with E-state index in [1.807, 2.05) is 7.05 Å². The molecule has 1 aromatic rings. The van der Waals surface area contributed by atoms with Gasteiger partial charge < -0.3 is 0 Å². The first-order valence-electron chi connectivity index (χ1n) is 6.94. The van der Waals surface area contributed by atoms with Crippen LogP contribution in [0.1, 0.15) is 25.8 Å². The Morgan fingerprint density at radius 3 is 2.61 bits per heavy atom. The average Bonchev–Trinajstić information content (AvgIpc) is 2.40. The molecular formula is C16H24N2. The second-order valence-electron chi connectivity index (χ2n) is 5.40. The molecule has 18 heavy (non-hydrogen) atoms. The molecule has 0 bridgehead atoms. The van der Waals surface area contributed by atoms with Crippen molar-refractivity contribution in [2.75, 3.05) is 20.1 Å². The Labute approximate surface area is 111 Å². The van der Waals surface area contributed by atoms with Crippen LogP contribution in [0.15, 0.2) is 35.3 Å². The van der Waals surface area contributed by atoms with Crippen LogP contribution >= 0.6 is 0 Å². The molecule has 1 fully saturated rings. The van der Waals surface area contributed by atoms with Gasteiger partial charge in [-0.1, -0.05) is 37.3 Å². The Hall–Kier alpha value is -1.15. The van der Waals surface area contributed by atoms with E-state index in [1.54, 1.807) is 0 Å². The lowest BCUT2D eigenvalue weighted by Crippen LogP contribution is -2.46. The van der Waals surface area contributed by atoms with Crippen molar-refractivity contribution in [2.45, 2.75) is 32.7 Å². The van der Waals surface area contributed by atoms with Crippen molar-refractivity contribution in [3.05, 3.63) is 35.9 Å². The Balaban J connectivity index is 1.90. The van der Waals surface area contributed by atoms with Crippen LogP contribution < -0.4 is 0 Å². The molecule has 2 rings (SSSR count). The number of benzene rings is 1. The SMILES string of the molecule is CN=C1C[C@@H](C)N(CCc2ccccc2)C[C@H]1C. The van der Waals surface area contributed by atoms with E-state index in [9.17, 15) is 0 Å². The lowest BCUT2D eigenvalue weighted by molar-refractivity contribution is 0.183. The van der Waals surface area contributed by atoms with Crippen LogP contribution in [0.4, 0.5) is 0 Å². The zero-order chi connectivity index (χ0) is 13.0. The Morgan fingerprint density at radius 1 is 1.22 bits per heavy atom. The summed E-state index contributed by atoms with van der Waals surface area (Å²) in [6.45, 7) is 6.93. The molecule has 0 aromatic heterocycles. The zero-order valence-electron chi connectivity index (χ0n) is 11.8. The summed E-state index contributed by atoms with van der Waals surface area (Å²) in [5.41, 5.74) is 2.82. The molecule has 2 atom stereocenters. The Bertz CT molecular complexity index is 397. The van der Waals surface area contributed by atoms with Crippen molar-refractivity contribution in [2.24, 2.45) is 10.9 Å². The number of aliphatic imine (C=N–C) groups is 1. The van der Waals surface area contributed by atoms with Gasteiger partial charge >= 0.3 is 0 Å². The maximum Gasteiger partial charge on any atom is 0.0276 e. The summed E-state index contributed by atoms with van der Waals surface area (Å²) in [6.07, 6.45) is 2.28. The van der Waals surface area contributed by atoms with Gasteiger partial charge in [0.05, 0.1) is 0 Å². The fourth-order valence-electron chi connectivity index (χ4n) is 2.81. The van der Waals surface area contributed by atoms with Crippen LogP contribution in [-0.4, -0.2) is 36.8 Å². The Morgan fingerprint density at radius 2 is 1.94 bits per heavy atom. The van der Waals surface area contributed by atoms with Crippen LogP contribution in [0.3, 0.4) is 0 Å². The molecule has 0 radical (unpaired) electrons. The van der Waals surface area contributed by atoms with E-state index in [4.69, 9.17) is 0 Å². The highest BCUT2D eigenvalue weighted by atomic mass is 15.2. The molecule has 2 nitrogen and oxygen atoms in total. The maximum absolute atomic E-state index is 4.42. The van der Waals surface area contributed by atoms with E-state index in [0.29, 0.717) is 12.0 Å². The van der Waals surface area contributed by atoms with Crippen molar-refractivity contribution < 1.29 is 0 Å². The number of hydrogen-bond donors (Lipinski definition) is 0. The van der Waals surface area contributed by atoms with Crippen molar-refractivity contribution in [3.63, 3.8) is 0 Å². The molecule has 0 spiro atoms. The van der Waals surface area contributed by atoms with Crippen molar-refractivity contribution in [1.82, 2.24) is 4.90 Å². The van der Waals surface area contributed by atoms with Gasteiger partial charge in [0, 0.05) is 44.2 Å². The van der Waals surface area contributed by atoms with Crippen LogP contribution in [-0.2, 0) is 6.42 Å². The van der Waals surface area contributed by atoms with Gasteiger partial charge in [0.2, 0.25) is 0 Å². The third kappa shape index (κ3) is 3.20. The minimum atomic E-state index is 0.613. The molecule has 1 aliphatic rings. The van der Waals surface area contributed by atoms with Crippen molar-refractivity contribution in [3.8, 4) is 0 Å². The van der Waals surface area contributed by atoms with E-state index in [-0.39, 0.29) is 0 Å². The molecule has 0 N–H and O–H groups in total. The number of rotatable bonds is 3. The van der Waals surface area contributed by atoms with E-state index in [2.05, 4.69) is 54.1 Å². The zero-order valence-corrected chi connectivity index (χ0v) is 11.8. The fraction of sp³-hybridized carbons (Fsp3) is 0.562. The lowest BCUT2D eigenvalue weighted by Gasteiger charge is -2.37. The largest absolute Gasteiger partial charge is 0.299 e. The maximum atomic E-state index is 4.42. The molecule has 1 heterocycles. The highest BCUT2D eigenvalue weighted by Gasteiger charge is 2.26. The molecule has 1 aliphatic heterocycles. The molecule has 0 amide bonds. The Kier molecular flexibility index (Phi) is 4.54. The normalized spacial score (nSPS) is 27.6. The first kappa shape index (κ1) is 13.3. The number of piperidine rings is 1. The second-order valence-corrected chi connectivity index (χ2v) is 5.40. The minimum absolute atomic E-state index is 0.613. The molecule has 0 saturated carbocycles. The van der Waals surface area contributed by atoms with Gasteiger partial charge in [-0.05, 0) is 18.9 Å². The molecule has 2 heteroatoms. The quantitative estimate of drug-likeness (QED) is 0.798. The van der Waals surface area contributed by atoms with Crippen LogP contribution in [0.5, 0.6) is 0 Å². The first-order chi connectivity index (χ1) is 8.70. The van der Waals surface area contributed by atoms with Crippen LogP contribution in [0.2, 0.25) is 0 Å². The van der Waals surface area contributed by atoms with Gasteiger partial charge in [-0.3, -0.25) is 9.89 Å². The summed E-state index contributed by atoms with van der Waals surface area (Å²) in [5.74, 6) is 0.613. The average molecular weight is 244 g/mol. The summed E-state index contributed by atoms with van der Waals surface area (Å²) >= 11 is 0. The fourth-order valence-corrected chi connectivity index (χ4v) is 2.81. The minimum Gasteiger partial charge on any atom is -0.299 e. The number of nitrogens with zero attached hydrogens (tertiary/aromatic N) is 2. The van der Waals surface area contributed by atoms with E-state index >= 15 is 0 Å². The van der Waals surface area contributed by atoms with Gasteiger partial charge in [0.15, 0.2) is 0 Å². The monoisotopic (exact) mass is 244 g/mol. The van der Waals surface area contributed by atoms with E-state index in [0.717, 1.165) is 25.9 Å². The van der Waals surface area contributed by atoms with Gasteiger partial charge in [-0.2, -0.15) is 0 Å². The molecule has 1 saturated heterocycles. The highest BCUT2D eigenvalue weighted by Crippen LogP contribution is 2.20. The standard InChI is InChI=1S/C16H24N2/c1-13-12-18(14(2)11-16(13)17-3)10-9-15-7-5-4-6-8-15/h4-8,13-14H,9-12H2,1-3H3/t13-,14-/m1/s1. The van der Waals surface area contributed by atoms with Gasteiger partial charge in [-0.25, -0.2) is 0 Å². The summed E-state index contributed by atoms with van der Waals surface area (Å²) in [4.78, 5) is 7.03. The topological polar surface area (TPSA) is 15.6 Å². The third-order valence-electron chi connectivity index (χ3n) is 4.02. The van der Waals surface area contributed by atoms with Gasteiger partial charge in [0.1, 0.15) is 0 Å². The molecule has 0 unspecified atom stereocenters. The molecule has 0 aliphatic carbocycles. The van der Waals surface area contributed by atoms with Gasteiger partial charge in [0.25, 0.3) is 0 Å². The summed E-state index contributed by atoms with van der Waals surface area (Å²) < 4.78 is 0. The smallest absolute Gasteiger partial charge is 0.0276 e. The van der Waals surface area contributed by atoms with Crippen LogP contribution in [0, 0.1) is 5.92 Å². The summed E-state index contributed by atoms with van der Waals surface area (Å²) in [7, 11) is 1.93. The number of hydrogen-bond acceptors (Lipinski definition) is 2. The third-order valence-corrected chi connectivity index (χ3v) is 4.02. The van der Waals surface area contributed by atoms with Crippen molar-refractivity contribution in [1.29, 1.82) is 0 Å². The number of likely N-dealkylation sites (tertiary alicyclic amines) is 1. The van der Waals surface area contributed by atoms with E-state index in [1.165, 1.54) is 11.3 Å². The molecule has 98 valence electrons. The summed E-state index contributed by atoms with van der Waals surface area (Å²) in [6, 6.07) is 11.4. The van der Waals surface area contributed by atoms with Gasteiger partial charge in [-0.15, -0.1) is 0 Å². The predicted molar refractivity (Wildman–Crippen MR) is 78.3 cm³/mol. The van der Waals surface area contributed by atoms with E-state index < -0.39 is 0 Å². The molecular weight excluding hydrogens is 220 g/mol. The highest BCUT2D eigenvalue weighted by molar-refractivity contribution is 5.87. The second kappa shape index (κ2) is 6.14.